The molecule has 0 spiro atoms. The standard InChI is InChI=1S/C22H21FN6O2S/c1-15-19(13-24-29(15)18-4-2-16(23)3-5-18)21(31)27-8-6-26(7-9-27)14-17-12-20(30)28-10-11-32-22(28)25-17/h2-5,10-13H,6-9,14H2,1H3. The van der Waals surface area contributed by atoms with Gasteiger partial charge in [0.25, 0.3) is 11.5 Å². The Morgan fingerprint density at radius 3 is 2.66 bits per heavy atom. The topological polar surface area (TPSA) is 75.7 Å². The van der Waals surface area contributed by atoms with E-state index in [1.165, 1.54) is 23.5 Å². The highest BCUT2D eigenvalue weighted by Crippen LogP contribution is 2.18. The van der Waals surface area contributed by atoms with Crippen LogP contribution in [-0.2, 0) is 6.54 Å². The van der Waals surface area contributed by atoms with E-state index in [2.05, 4.69) is 15.0 Å². The smallest absolute Gasteiger partial charge is 0.258 e. The highest BCUT2D eigenvalue weighted by atomic mass is 32.1. The minimum absolute atomic E-state index is 0.0631. The van der Waals surface area contributed by atoms with Crippen LogP contribution < -0.4 is 5.56 Å². The summed E-state index contributed by atoms with van der Waals surface area (Å²) in [5, 5.41) is 6.17. The molecule has 1 aliphatic heterocycles. The highest BCUT2D eigenvalue weighted by molar-refractivity contribution is 7.15. The zero-order valence-corrected chi connectivity index (χ0v) is 18.3. The minimum Gasteiger partial charge on any atom is -0.336 e. The first-order chi connectivity index (χ1) is 15.5. The Morgan fingerprint density at radius 2 is 1.91 bits per heavy atom. The zero-order chi connectivity index (χ0) is 22.2. The predicted molar refractivity (Wildman–Crippen MR) is 119 cm³/mol. The molecule has 0 unspecified atom stereocenters. The summed E-state index contributed by atoms with van der Waals surface area (Å²) >= 11 is 1.44. The quantitative estimate of drug-likeness (QED) is 0.475. The lowest BCUT2D eigenvalue weighted by Gasteiger charge is -2.34. The first kappa shape index (κ1) is 20.5. The molecule has 1 aromatic carbocycles. The third kappa shape index (κ3) is 3.82. The van der Waals surface area contributed by atoms with E-state index in [1.807, 2.05) is 17.2 Å². The molecule has 8 nitrogen and oxygen atoms in total. The van der Waals surface area contributed by atoms with Crippen LogP contribution in [-0.4, -0.2) is 61.1 Å². The van der Waals surface area contributed by atoms with Gasteiger partial charge in [-0.05, 0) is 31.2 Å². The van der Waals surface area contributed by atoms with Gasteiger partial charge in [-0.2, -0.15) is 5.10 Å². The number of hydrogen-bond donors (Lipinski definition) is 0. The summed E-state index contributed by atoms with van der Waals surface area (Å²) in [7, 11) is 0. The molecule has 0 bridgehead atoms. The molecule has 10 heteroatoms. The third-order valence-corrected chi connectivity index (χ3v) is 6.47. The molecule has 0 saturated carbocycles. The van der Waals surface area contributed by atoms with Crippen molar-refractivity contribution in [2.45, 2.75) is 13.5 Å². The summed E-state index contributed by atoms with van der Waals surface area (Å²) in [6, 6.07) is 7.59. The molecule has 0 atom stereocenters. The molecule has 1 saturated heterocycles. The molecule has 0 radical (unpaired) electrons. The molecule has 3 aromatic heterocycles. The van der Waals surface area contributed by atoms with E-state index in [0.717, 1.165) is 11.4 Å². The van der Waals surface area contributed by atoms with E-state index in [0.29, 0.717) is 48.9 Å². The van der Waals surface area contributed by atoms with Crippen molar-refractivity contribution in [1.82, 2.24) is 29.0 Å². The van der Waals surface area contributed by atoms with Crippen molar-refractivity contribution in [3.63, 3.8) is 0 Å². The van der Waals surface area contributed by atoms with Crippen molar-refractivity contribution >= 4 is 22.2 Å². The first-order valence-electron chi connectivity index (χ1n) is 10.3. The summed E-state index contributed by atoms with van der Waals surface area (Å²) in [6.07, 6.45) is 3.30. The molecule has 164 valence electrons. The van der Waals surface area contributed by atoms with Gasteiger partial charge in [0, 0.05) is 50.4 Å². The lowest BCUT2D eigenvalue weighted by atomic mass is 10.2. The van der Waals surface area contributed by atoms with Crippen molar-refractivity contribution in [2.24, 2.45) is 0 Å². The summed E-state index contributed by atoms with van der Waals surface area (Å²) in [4.78, 5) is 34.5. The van der Waals surface area contributed by atoms with Crippen LogP contribution in [0.25, 0.3) is 10.6 Å². The Labute approximate surface area is 187 Å². The molecule has 4 heterocycles. The van der Waals surface area contributed by atoms with E-state index in [-0.39, 0.29) is 17.3 Å². The van der Waals surface area contributed by atoms with Crippen LogP contribution in [0.5, 0.6) is 0 Å². The van der Waals surface area contributed by atoms with E-state index >= 15 is 0 Å². The van der Waals surface area contributed by atoms with Crippen molar-refractivity contribution in [2.75, 3.05) is 26.2 Å². The maximum atomic E-state index is 13.2. The summed E-state index contributed by atoms with van der Waals surface area (Å²) in [5.41, 5.74) is 2.64. The largest absolute Gasteiger partial charge is 0.336 e. The number of piperazine rings is 1. The second-order valence-electron chi connectivity index (χ2n) is 7.74. The molecule has 0 N–H and O–H groups in total. The number of halogens is 1. The fourth-order valence-electron chi connectivity index (χ4n) is 3.94. The van der Waals surface area contributed by atoms with E-state index in [1.54, 1.807) is 39.7 Å². The molecule has 4 aromatic rings. The Morgan fingerprint density at radius 1 is 1.16 bits per heavy atom. The SMILES string of the molecule is Cc1c(C(=O)N2CCN(Cc3cc(=O)n4ccsc4n3)CC2)cnn1-c1ccc(F)cc1. The number of amides is 1. The van der Waals surface area contributed by atoms with Gasteiger partial charge in [0.1, 0.15) is 5.82 Å². The summed E-state index contributed by atoms with van der Waals surface area (Å²) < 4.78 is 16.4. The van der Waals surface area contributed by atoms with Crippen molar-refractivity contribution < 1.29 is 9.18 Å². The van der Waals surface area contributed by atoms with Gasteiger partial charge in [-0.25, -0.2) is 14.1 Å². The van der Waals surface area contributed by atoms with Crippen molar-refractivity contribution in [3.05, 3.63) is 81.2 Å². The van der Waals surface area contributed by atoms with Gasteiger partial charge in [-0.1, -0.05) is 0 Å². The number of fused-ring (bicyclic) bond motifs is 1. The minimum atomic E-state index is -0.316. The van der Waals surface area contributed by atoms with Crippen LogP contribution in [0, 0.1) is 12.7 Å². The highest BCUT2D eigenvalue weighted by Gasteiger charge is 2.25. The monoisotopic (exact) mass is 452 g/mol. The van der Waals surface area contributed by atoms with E-state index < -0.39 is 0 Å². The van der Waals surface area contributed by atoms with Gasteiger partial charge < -0.3 is 4.90 Å². The zero-order valence-electron chi connectivity index (χ0n) is 17.4. The molecular weight excluding hydrogens is 431 g/mol. The lowest BCUT2D eigenvalue weighted by molar-refractivity contribution is 0.0626. The van der Waals surface area contributed by atoms with Crippen LogP contribution in [0.4, 0.5) is 4.39 Å². The Bertz CT molecular complexity index is 1330. The predicted octanol–water partition coefficient (Wildman–Crippen LogP) is 2.35. The van der Waals surface area contributed by atoms with Crippen LogP contribution in [0.15, 0.2) is 52.9 Å². The molecule has 5 rings (SSSR count). The van der Waals surface area contributed by atoms with Crippen LogP contribution in [0.1, 0.15) is 21.7 Å². The fraction of sp³-hybridized carbons (Fsp3) is 0.273. The van der Waals surface area contributed by atoms with Gasteiger partial charge in [0.05, 0.1) is 28.8 Å². The van der Waals surface area contributed by atoms with E-state index in [4.69, 9.17) is 0 Å². The first-order valence-corrected chi connectivity index (χ1v) is 11.2. The second-order valence-corrected chi connectivity index (χ2v) is 8.61. The average molecular weight is 453 g/mol. The van der Waals surface area contributed by atoms with Gasteiger partial charge in [0.15, 0.2) is 4.96 Å². The van der Waals surface area contributed by atoms with Crippen molar-refractivity contribution in [1.29, 1.82) is 0 Å². The second kappa shape index (κ2) is 8.29. The number of carbonyl (C=O) groups excluding carboxylic acids is 1. The molecule has 32 heavy (non-hydrogen) atoms. The third-order valence-electron chi connectivity index (χ3n) is 5.71. The maximum absolute atomic E-state index is 13.2. The molecule has 1 amide bonds. The normalized spacial score (nSPS) is 14.9. The van der Waals surface area contributed by atoms with Crippen molar-refractivity contribution in [3.8, 4) is 5.69 Å². The van der Waals surface area contributed by atoms with Gasteiger partial charge in [-0.3, -0.25) is 18.9 Å². The number of carbonyl (C=O) groups is 1. The molecular formula is C22H21FN6O2S. The number of rotatable bonds is 4. The van der Waals surface area contributed by atoms with Gasteiger partial charge in [0.2, 0.25) is 0 Å². The lowest BCUT2D eigenvalue weighted by Crippen LogP contribution is -2.48. The average Bonchev–Trinajstić information content (AvgIpc) is 3.41. The van der Waals surface area contributed by atoms with E-state index in [9.17, 15) is 14.0 Å². The van der Waals surface area contributed by atoms with Gasteiger partial charge >= 0.3 is 0 Å². The number of thiazole rings is 1. The number of hydrogen-bond acceptors (Lipinski definition) is 6. The van der Waals surface area contributed by atoms with Crippen LogP contribution >= 0.6 is 11.3 Å². The van der Waals surface area contributed by atoms with Crippen LogP contribution in [0.2, 0.25) is 0 Å². The Hall–Kier alpha value is -3.37. The fourth-order valence-corrected chi connectivity index (χ4v) is 4.68. The maximum Gasteiger partial charge on any atom is 0.258 e. The molecule has 1 fully saturated rings. The summed E-state index contributed by atoms with van der Waals surface area (Å²) in [5.74, 6) is -0.379. The number of benzene rings is 1. The number of nitrogens with zero attached hydrogens (tertiary/aromatic N) is 6. The Kier molecular flexibility index (Phi) is 5.32. The van der Waals surface area contributed by atoms with Crippen LogP contribution in [0.3, 0.4) is 0 Å². The molecule has 0 aliphatic carbocycles. The number of aromatic nitrogens is 4. The van der Waals surface area contributed by atoms with Gasteiger partial charge in [-0.15, -0.1) is 11.3 Å². The summed E-state index contributed by atoms with van der Waals surface area (Å²) in [6.45, 7) is 4.98. The Balaban J connectivity index is 1.24. The molecule has 1 aliphatic rings.